The molecule has 0 saturated heterocycles. The molecule has 0 spiro atoms. The quantitative estimate of drug-likeness (QED) is 0.582. The van der Waals surface area contributed by atoms with Gasteiger partial charge in [-0.05, 0) is 23.6 Å². The molecule has 5 heteroatoms. The first-order chi connectivity index (χ1) is 12.0. The molecular weight excluding hydrogens is 314 g/mol. The molecular formula is C20H19N3O2. The number of rotatable bonds is 4. The highest BCUT2D eigenvalue weighted by atomic mass is 16.5. The van der Waals surface area contributed by atoms with Crippen molar-refractivity contribution in [3.63, 3.8) is 0 Å². The predicted octanol–water partition coefficient (Wildman–Crippen LogP) is 3.76. The van der Waals surface area contributed by atoms with Crippen LogP contribution in [0.3, 0.4) is 0 Å². The number of amides is 1. The Morgan fingerprint density at radius 2 is 1.60 bits per heavy atom. The molecule has 2 N–H and O–H groups in total. The monoisotopic (exact) mass is 333 g/mol. The Balaban J connectivity index is 1.75. The molecule has 1 heterocycles. The third-order valence-corrected chi connectivity index (χ3v) is 3.77. The van der Waals surface area contributed by atoms with Crippen LogP contribution in [0.4, 0.5) is 0 Å². The third-order valence-electron chi connectivity index (χ3n) is 3.77. The summed E-state index contributed by atoms with van der Waals surface area (Å²) in [6.45, 7) is 3.29. The summed E-state index contributed by atoms with van der Waals surface area (Å²) in [5.74, 6) is 0.808. The highest BCUT2D eigenvalue weighted by Gasteiger charge is 2.05. The lowest BCUT2D eigenvalue weighted by atomic mass is 10.0. The van der Waals surface area contributed by atoms with Crippen molar-refractivity contribution < 1.29 is 9.32 Å². The minimum absolute atomic E-state index is 0.281. The number of aliphatic imine (C=N–C) groups is 1. The van der Waals surface area contributed by atoms with Crippen molar-refractivity contribution in [2.75, 3.05) is 0 Å². The average Bonchev–Trinajstić information content (AvgIpc) is 3.01. The Hall–Kier alpha value is -3.21. The molecule has 0 saturated carbocycles. The van der Waals surface area contributed by atoms with Crippen LogP contribution in [0.2, 0.25) is 0 Å². The van der Waals surface area contributed by atoms with Gasteiger partial charge in [-0.1, -0.05) is 53.7 Å². The van der Waals surface area contributed by atoms with Gasteiger partial charge in [-0.3, -0.25) is 4.79 Å². The fraction of sp³-hybridized carbons (Fsp3) is 0.150. The molecule has 0 aliphatic heterocycles. The van der Waals surface area contributed by atoms with Gasteiger partial charge in [0, 0.05) is 25.0 Å². The maximum Gasteiger partial charge on any atom is 0.244 e. The normalized spacial score (nSPS) is 11.5. The van der Waals surface area contributed by atoms with Crippen LogP contribution in [0.15, 0.2) is 64.1 Å². The number of aryl methyl sites for hydroxylation is 1. The number of carbonyl (C=O) groups is 1. The van der Waals surface area contributed by atoms with Crippen LogP contribution in [-0.2, 0) is 11.2 Å². The Morgan fingerprint density at radius 1 is 1.04 bits per heavy atom. The number of nitrogens with zero attached hydrogens (tertiary/aromatic N) is 2. The topological polar surface area (TPSA) is 81.5 Å². The zero-order valence-electron chi connectivity index (χ0n) is 14.2. The van der Waals surface area contributed by atoms with Gasteiger partial charge in [0.2, 0.25) is 5.91 Å². The summed E-state index contributed by atoms with van der Waals surface area (Å²) >= 11 is 0. The molecule has 25 heavy (non-hydrogen) atoms. The second-order valence-corrected chi connectivity index (χ2v) is 5.91. The fourth-order valence-corrected chi connectivity index (χ4v) is 2.59. The van der Waals surface area contributed by atoms with Crippen molar-refractivity contribution in [1.29, 1.82) is 0 Å². The fourth-order valence-electron chi connectivity index (χ4n) is 2.59. The van der Waals surface area contributed by atoms with Gasteiger partial charge in [-0.15, -0.1) is 0 Å². The second-order valence-electron chi connectivity index (χ2n) is 5.91. The van der Waals surface area contributed by atoms with E-state index in [0.717, 1.165) is 33.7 Å². The molecule has 0 unspecified atom stereocenters. The van der Waals surface area contributed by atoms with Gasteiger partial charge in [0.1, 0.15) is 5.84 Å². The van der Waals surface area contributed by atoms with Crippen LogP contribution in [-0.4, -0.2) is 16.9 Å². The molecule has 126 valence electrons. The van der Waals surface area contributed by atoms with Gasteiger partial charge >= 0.3 is 0 Å². The summed E-state index contributed by atoms with van der Waals surface area (Å²) in [5.41, 5.74) is 10.8. The van der Waals surface area contributed by atoms with Gasteiger partial charge in [0.25, 0.3) is 0 Å². The van der Waals surface area contributed by atoms with Gasteiger partial charge in [-0.2, -0.15) is 0 Å². The van der Waals surface area contributed by atoms with E-state index in [0.29, 0.717) is 12.3 Å². The first-order valence-corrected chi connectivity index (χ1v) is 7.98. The van der Waals surface area contributed by atoms with E-state index in [9.17, 15) is 4.79 Å². The van der Waals surface area contributed by atoms with Crippen molar-refractivity contribution in [3.05, 3.63) is 65.9 Å². The molecule has 2 aromatic carbocycles. The SMILES string of the molecule is CC(=O)N=C(N)Cc1ccc(-c2ccc(-c3cc(C)no3)cc2)cc1. The Labute approximate surface area is 146 Å². The standard InChI is InChI=1S/C20H19N3O2/c1-13-11-19(25-23-13)18-9-7-17(8-10-18)16-5-3-15(4-6-16)12-20(21)22-14(2)24/h3-11H,12H2,1-2H3,(H2,21,22,24). The Morgan fingerprint density at radius 3 is 2.12 bits per heavy atom. The molecule has 3 rings (SSSR count). The van der Waals surface area contributed by atoms with E-state index in [1.165, 1.54) is 6.92 Å². The minimum Gasteiger partial charge on any atom is -0.387 e. The predicted molar refractivity (Wildman–Crippen MR) is 98.1 cm³/mol. The lowest BCUT2D eigenvalue weighted by molar-refractivity contribution is -0.115. The summed E-state index contributed by atoms with van der Waals surface area (Å²) in [6.07, 6.45) is 0.462. The molecule has 0 aliphatic carbocycles. The van der Waals surface area contributed by atoms with E-state index in [1.807, 2.05) is 61.5 Å². The molecule has 0 bridgehead atoms. The summed E-state index contributed by atoms with van der Waals surface area (Å²) in [4.78, 5) is 14.7. The number of carbonyl (C=O) groups excluding carboxylic acids is 1. The number of amidine groups is 1. The molecule has 3 aromatic rings. The average molecular weight is 333 g/mol. The van der Waals surface area contributed by atoms with E-state index >= 15 is 0 Å². The first kappa shape index (κ1) is 16.6. The summed E-state index contributed by atoms with van der Waals surface area (Å²) in [6, 6.07) is 18.1. The molecule has 0 aliphatic rings. The number of aromatic nitrogens is 1. The molecule has 1 amide bonds. The van der Waals surface area contributed by atoms with Crippen molar-refractivity contribution in [1.82, 2.24) is 5.16 Å². The van der Waals surface area contributed by atoms with Gasteiger partial charge in [0.15, 0.2) is 5.76 Å². The van der Waals surface area contributed by atoms with E-state index in [2.05, 4.69) is 10.1 Å². The summed E-state index contributed by atoms with van der Waals surface area (Å²) < 4.78 is 5.28. The van der Waals surface area contributed by atoms with Gasteiger partial charge < -0.3 is 10.3 Å². The number of hydrogen-bond acceptors (Lipinski definition) is 3. The van der Waals surface area contributed by atoms with E-state index < -0.39 is 0 Å². The number of nitrogens with two attached hydrogens (primary N) is 1. The second kappa shape index (κ2) is 7.13. The van der Waals surface area contributed by atoms with Crippen LogP contribution in [0.1, 0.15) is 18.2 Å². The van der Waals surface area contributed by atoms with E-state index in [1.54, 1.807) is 0 Å². The lowest BCUT2D eigenvalue weighted by Gasteiger charge is -2.05. The maximum atomic E-state index is 10.9. The molecule has 5 nitrogen and oxygen atoms in total. The maximum absolute atomic E-state index is 10.9. The van der Waals surface area contributed by atoms with Crippen LogP contribution in [0.5, 0.6) is 0 Å². The minimum atomic E-state index is -0.281. The van der Waals surface area contributed by atoms with Crippen molar-refractivity contribution >= 4 is 11.7 Å². The van der Waals surface area contributed by atoms with Crippen LogP contribution in [0, 0.1) is 6.92 Å². The van der Waals surface area contributed by atoms with Gasteiger partial charge in [-0.25, -0.2) is 4.99 Å². The van der Waals surface area contributed by atoms with Crippen molar-refractivity contribution in [3.8, 4) is 22.5 Å². The van der Waals surface area contributed by atoms with Crippen LogP contribution >= 0.6 is 0 Å². The zero-order chi connectivity index (χ0) is 17.8. The van der Waals surface area contributed by atoms with E-state index in [-0.39, 0.29) is 5.91 Å². The molecule has 0 radical (unpaired) electrons. The zero-order valence-corrected chi connectivity index (χ0v) is 14.2. The smallest absolute Gasteiger partial charge is 0.244 e. The lowest BCUT2D eigenvalue weighted by Crippen LogP contribution is -2.16. The Kier molecular flexibility index (Phi) is 4.75. The van der Waals surface area contributed by atoms with Crippen molar-refractivity contribution in [2.45, 2.75) is 20.3 Å². The largest absolute Gasteiger partial charge is 0.387 e. The van der Waals surface area contributed by atoms with E-state index in [4.69, 9.17) is 10.3 Å². The summed E-state index contributed by atoms with van der Waals surface area (Å²) in [7, 11) is 0. The third kappa shape index (κ3) is 4.20. The molecule has 0 atom stereocenters. The highest BCUT2D eigenvalue weighted by molar-refractivity contribution is 5.93. The summed E-state index contributed by atoms with van der Waals surface area (Å²) in [5, 5.41) is 3.91. The van der Waals surface area contributed by atoms with Crippen LogP contribution < -0.4 is 5.73 Å². The first-order valence-electron chi connectivity index (χ1n) is 7.98. The molecule has 1 aromatic heterocycles. The Bertz CT molecular complexity index is 907. The van der Waals surface area contributed by atoms with Crippen molar-refractivity contribution in [2.24, 2.45) is 10.7 Å². The van der Waals surface area contributed by atoms with Crippen LogP contribution in [0.25, 0.3) is 22.5 Å². The molecule has 0 fully saturated rings. The highest BCUT2D eigenvalue weighted by Crippen LogP contribution is 2.25. The number of benzene rings is 2. The number of hydrogen-bond donors (Lipinski definition) is 1. The van der Waals surface area contributed by atoms with Gasteiger partial charge in [0.05, 0.1) is 5.69 Å².